The Morgan fingerprint density at radius 1 is 1.08 bits per heavy atom. The Morgan fingerprint density at radius 2 is 1.88 bits per heavy atom. The van der Waals surface area contributed by atoms with Crippen LogP contribution in [0.5, 0.6) is 0 Å². The Balaban J connectivity index is 1.47. The zero-order valence-electron chi connectivity index (χ0n) is 13.9. The molecule has 1 heterocycles. The SMILES string of the molecule is O=C[C@@H]1CSNC1C(=O)CCC(=O)CCc1ccc2ccccc2c1. The minimum atomic E-state index is -0.434. The number of nitrogens with one attached hydrogen (secondary N) is 1. The molecule has 0 aromatic heterocycles. The molecule has 1 aliphatic rings. The van der Waals surface area contributed by atoms with Gasteiger partial charge in [0.1, 0.15) is 12.1 Å². The zero-order valence-corrected chi connectivity index (χ0v) is 14.8. The van der Waals surface area contributed by atoms with Crippen LogP contribution in [-0.4, -0.2) is 29.6 Å². The van der Waals surface area contributed by atoms with Crippen LogP contribution in [0.15, 0.2) is 42.5 Å². The second kappa shape index (κ2) is 8.41. The van der Waals surface area contributed by atoms with Gasteiger partial charge in [0.2, 0.25) is 0 Å². The maximum absolute atomic E-state index is 12.2. The number of rotatable bonds is 8. The van der Waals surface area contributed by atoms with Gasteiger partial charge in [0.15, 0.2) is 5.78 Å². The van der Waals surface area contributed by atoms with E-state index in [9.17, 15) is 14.4 Å². The number of hydrogen-bond donors (Lipinski definition) is 1. The zero-order chi connectivity index (χ0) is 17.6. The summed E-state index contributed by atoms with van der Waals surface area (Å²) < 4.78 is 2.98. The van der Waals surface area contributed by atoms with Crippen LogP contribution in [0.2, 0.25) is 0 Å². The lowest BCUT2D eigenvalue weighted by Crippen LogP contribution is -2.35. The van der Waals surface area contributed by atoms with E-state index in [2.05, 4.69) is 35.1 Å². The van der Waals surface area contributed by atoms with E-state index in [1.54, 1.807) is 0 Å². The third-order valence-corrected chi connectivity index (χ3v) is 5.56. The second-order valence-corrected chi connectivity index (χ2v) is 7.25. The van der Waals surface area contributed by atoms with Gasteiger partial charge in [-0.1, -0.05) is 54.4 Å². The van der Waals surface area contributed by atoms with Crippen molar-refractivity contribution in [2.75, 3.05) is 5.75 Å². The van der Waals surface area contributed by atoms with E-state index in [-0.39, 0.29) is 30.3 Å². The van der Waals surface area contributed by atoms with E-state index in [0.717, 1.165) is 11.8 Å². The maximum Gasteiger partial charge on any atom is 0.151 e. The monoisotopic (exact) mass is 355 g/mol. The standard InChI is InChI=1S/C20H21NO3S/c22-12-17-13-25-21-20(17)19(24)10-9-18(23)8-6-14-5-7-15-3-1-2-4-16(15)11-14/h1-5,7,11-12,17,20-21H,6,8-10,13H2/t17-,20?/m1/s1. The molecular weight excluding hydrogens is 334 g/mol. The number of carbonyl (C=O) groups excluding carboxylic acids is 3. The minimum absolute atomic E-state index is 0.0406. The fraction of sp³-hybridized carbons (Fsp3) is 0.350. The summed E-state index contributed by atoms with van der Waals surface area (Å²) >= 11 is 1.40. The van der Waals surface area contributed by atoms with Crippen molar-refractivity contribution in [3.8, 4) is 0 Å². The highest BCUT2D eigenvalue weighted by Crippen LogP contribution is 2.21. The van der Waals surface area contributed by atoms with Crippen molar-refractivity contribution in [2.45, 2.75) is 31.7 Å². The summed E-state index contributed by atoms with van der Waals surface area (Å²) in [4.78, 5) is 35.2. The Hall–Kier alpha value is -1.98. The Labute approximate surface area is 151 Å². The summed E-state index contributed by atoms with van der Waals surface area (Å²) in [5.41, 5.74) is 1.13. The number of fused-ring (bicyclic) bond motifs is 1. The number of carbonyl (C=O) groups is 3. The molecule has 0 saturated carbocycles. The van der Waals surface area contributed by atoms with Gasteiger partial charge in [0, 0.05) is 30.9 Å². The number of hydrogen-bond acceptors (Lipinski definition) is 5. The second-order valence-electron chi connectivity index (χ2n) is 6.39. The van der Waals surface area contributed by atoms with E-state index in [0.29, 0.717) is 18.6 Å². The first kappa shape index (κ1) is 17.8. The van der Waals surface area contributed by atoms with E-state index in [1.807, 2.05) is 12.1 Å². The topological polar surface area (TPSA) is 63.2 Å². The summed E-state index contributed by atoms with van der Waals surface area (Å²) in [5, 5.41) is 2.36. The molecule has 2 aromatic carbocycles. The quantitative estimate of drug-likeness (QED) is 0.582. The molecule has 1 aliphatic heterocycles. The average molecular weight is 355 g/mol. The van der Waals surface area contributed by atoms with Gasteiger partial charge >= 0.3 is 0 Å². The van der Waals surface area contributed by atoms with Gasteiger partial charge in [0.25, 0.3) is 0 Å². The third-order valence-electron chi connectivity index (χ3n) is 4.59. The smallest absolute Gasteiger partial charge is 0.151 e. The van der Waals surface area contributed by atoms with E-state index >= 15 is 0 Å². The largest absolute Gasteiger partial charge is 0.303 e. The van der Waals surface area contributed by atoms with Crippen molar-refractivity contribution in [3.05, 3.63) is 48.0 Å². The molecule has 3 rings (SSSR count). The summed E-state index contributed by atoms with van der Waals surface area (Å²) in [7, 11) is 0. The number of aryl methyl sites for hydroxylation is 1. The highest BCUT2D eigenvalue weighted by Gasteiger charge is 2.32. The molecule has 130 valence electrons. The highest BCUT2D eigenvalue weighted by molar-refractivity contribution is 7.97. The molecule has 2 atom stereocenters. The molecule has 0 radical (unpaired) electrons. The first-order chi connectivity index (χ1) is 12.2. The van der Waals surface area contributed by atoms with Crippen LogP contribution in [0.1, 0.15) is 24.8 Å². The minimum Gasteiger partial charge on any atom is -0.303 e. The molecule has 25 heavy (non-hydrogen) atoms. The third kappa shape index (κ3) is 4.55. The van der Waals surface area contributed by atoms with Crippen molar-refractivity contribution in [1.82, 2.24) is 4.72 Å². The van der Waals surface area contributed by atoms with Crippen LogP contribution >= 0.6 is 11.9 Å². The normalized spacial score (nSPS) is 19.8. The van der Waals surface area contributed by atoms with Crippen molar-refractivity contribution in [2.24, 2.45) is 5.92 Å². The maximum atomic E-state index is 12.2. The van der Waals surface area contributed by atoms with Crippen LogP contribution in [0.4, 0.5) is 0 Å². The molecule has 1 unspecified atom stereocenters. The van der Waals surface area contributed by atoms with Crippen LogP contribution in [0, 0.1) is 5.92 Å². The van der Waals surface area contributed by atoms with Gasteiger partial charge in [-0.2, -0.15) is 0 Å². The molecule has 0 amide bonds. The number of Topliss-reactive ketones (excluding diaryl/α,β-unsaturated/α-hetero) is 2. The van der Waals surface area contributed by atoms with Gasteiger partial charge in [0.05, 0.1) is 6.04 Å². The summed E-state index contributed by atoms with van der Waals surface area (Å²) in [6, 6.07) is 13.9. The van der Waals surface area contributed by atoms with Gasteiger partial charge in [-0.15, -0.1) is 0 Å². The Bertz CT molecular complexity index is 789. The molecule has 0 bridgehead atoms. The lowest BCUT2D eigenvalue weighted by molar-refractivity contribution is -0.126. The summed E-state index contributed by atoms with van der Waals surface area (Å²) in [5.74, 6) is 0.400. The lowest BCUT2D eigenvalue weighted by atomic mass is 9.95. The molecule has 4 nitrogen and oxygen atoms in total. The van der Waals surface area contributed by atoms with Crippen molar-refractivity contribution < 1.29 is 14.4 Å². The molecule has 1 fully saturated rings. The van der Waals surface area contributed by atoms with Crippen LogP contribution < -0.4 is 4.72 Å². The molecule has 2 aromatic rings. The Kier molecular flexibility index (Phi) is 6.00. The molecule has 5 heteroatoms. The van der Waals surface area contributed by atoms with Crippen LogP contribution in [0.25, 0.3) is 10.8 Å². The summed E-state index contributed by atoms with van der Waals surface area (Å²) in [6.07, 6.45) is 2.42. The first-order valence-electron chi connectivity index (χ1n) is 8.52. The number of benzene rings is 2. The van der Waals surface area contributed by atoms with E-state index < -0.39 is 6.04 Å². The Morgan fingerprint density at radius 3 is 2.68 bits per heavy atom. The van der Waals surface area contributed by atoms with Crippen LogP contribution in [-0.2, 0) is 20.8 Å². The molecule has 1 N–H and O–H groups in total. The molecule has 0 spiro atoms. The number of ketones is 2. The summed E-state index contributed by atoms with van der Waals surface area (Å²) in [6.45, 7) is 0. The predicted molar refractivity (Wildman–Crippen MR) is 100 cm³/mol. The van der Waals surface area contributed by atoms with Gasteiger partial charge in [-0.25, -0.2) is 0 Å². The predicted octanol–water partition coefficient (Wildman–Crippen LogP) is 3.13. The fourth-order valence-electron chi connectivity index (χ4n) is 3.06. The average Bonchev–Trinajstić information content (AvgIpc) is 3.13. The molecule has 0 aliphatic carbocycles. The van der Waals surface area contributed by atoms with Gasteiger partial charge in [-0.05, 0) is 22.8 Å². The van der Waals surface area contributed by atoms with Crippen molar-refractivity contribution >= 4 is 40.6 Å². The number of aldehydes is 1. The van der Waals surface area contributed by atoms with Gasteiger partial charge in [-0.3, -0.25) is 14.3 Å². The molecule has 1 saturated heterocycles. The first-order valence-corrected chi connectivity index (χ1v) is 9.50. The lowest BCUT2D eigenvalue weighted by Gasteiger charge is -2.11. The van der Waals surface area contributed by atoms with Crippen LogP contribution in [0.3, 0.4) is 0 Å². The van der Waals surface area contributed by atoms with Gasteiger partial charge < -0.3 is 4.79 Å². The van der Waals surface area contributed by atoms with E-state index in [4.69, 9.17) is 0 Å². The fourth-order valence-corrected chi connectivity index (χ4v) is 4.11. The highest BCUT2D eigenvalue weighted by atomic mass is 32.2. The van der Waals surface area contributed by atoms with Crippen molar-refractivity contribution in [3.63, 3.8) is 0 Å². The van der Waals surface area contributed by atoms with Crippen molar-refractivity contribution in [1.29, 1.82) is 0 Å². The molecular formula is C20H21NO3S. The van der Waals surface area contributed by atoms with E-state index in [1.165, 1.54) is 22.7 Å².